The third-order valence-corrected chi connectivity index (χ3v) is 5.43. The first kappa shape index (κ1) is 23.9. The summed E-state index contributed by atoms with van der Waals surface area (Å²) in [4.78, 5) is 27.4. The smallest absolute Gasteiger partial charge is 0.414 e. The number of cyclic esters (lactones) is 1. The van der Waals surface area contributed by atoms with Gasteiger partial charge in [0, 0.05) is 19.6 Å². The Morgan fingerprint density at radius 2 is 2.22 bits per heavy atom. The van der Waals surface area contributed by atoms with E-state index in [1.807, 2.05) is 0 Å². The van der Waals surface area contributed by atoms with E-state index in [4.69, 9.17) is 26.8 Å². The first-order valence-electron chi connectivity index (χ1n) is 10.0. The molecule has 0 radical (unpaired) electrons. The molecular weight excluding hydrogens is 445 g/mol. The number of ether oxygens (including phenoxy) is 2. The first-order chi connectivity index (χ1) is 15.3. The van der Waals surface area contributed by atoms with Gasteiger partial charge >= 0.3 is 6.09 Å². The highest BCUT2D eigenvalue weighted by molar-refractivity contribution is 7.80. The van der Waals surface area contributed by atoms with E-state index < -0.39 is 36.6 Å². The minimum atomic E-state index is -1.51. The van der Waals surface area contributed by atoms with E-state index in [1.54, 1.807) is 17.0 Å². The van der Waals surface area contributed by atoms with Crippen molar-refractivity contribution >= 4 is 40.8 Å². The van der Waals surface area contributed by atoms with Gasteiger partial charge in [-0.3, -0.25) is 14.7 Å². The van der Waals surface area contributed by atoms with Crippen LogP contribution in [0.25, 0.3) is 0 Å². The van der Waals surface area contributed by atoms with Gasteiger partial charge in [-0.15, -0.1) is 0 Å². The number of nitrogens with one attached hydrogen (secondary N) is 2. The number of carbonyl (C=O) groups excluding carboxylic acids is 2. The van der Waals surface area contributed by atoms with Crippen LogP contribution >= 0.6 is 12.2 Å². The standard InChI is InChI=1S/C19H26FN5O6S/c1-30-18(32)21-9-13-10-24(19(29)31-13)12-2-3-15(14(20)8-12)23-5-4-22-25(7-6-23)17(28)16(27)11-26/h2-3,8,13,16,22,26-27H,4-7,9-11H2,1H3,(H,21,32)/t13-,16+/m0/s1. The second kappa shape index (κ2) is 10.7. The van der Waals surface area contributed by atoms with Gasteiger partial charge < -0.3 is 29.9 Å². The number of methoxy groups -OCH3 is 1. The second-order valence-corrected chi connectivity index (χ2v) is 7.58. The Kier molecular flexibility index (Phi) is 8.01. The molecule has 32 heavy (non-hydrogen) atoms. The summed E-state index contributed by atoms with van der Waals surface area (Å²) >= 11 is 4.89. The minimum Gasteiger partial charge on any atom is -0.474 e. The number of hydrogen-bond acceptors (Lipinski definition) is 9. The molecule has 1 aromatic carbocycles. The van der Waals surface area contributed by atoms with Crippen molar-refractivity contribution in [1.29, 1.82) is 0 Å². The molecule has 4 N–H and O–H groups in total. The fraction of sp³-hybridized carbons (Fsp3) is 0.526. The maximum atomic E-state index is 14.9. The van der Waals surface area contributed by atoms with Gasteiger partial charge in [0.1, 0.15) is 11.9 Å². The molecule has 0 bridgehead atoms. The molecule has 2 saturated heterocycles. The van der Waals surface area contributed by atoms with Crippen LogP contribution in [0.5, 0.6) is 0 Å². The van der Waals surface area contributed by atoms with Gasteiger partial charge in [-0.1, -0.05) is 0 Å². The van der Waals surface area contributed by atoms with Gasteiger partial charge in [-0.05, 0) is 30.4 Å². The number of aliphatic hydroxyl groups excluding tert-OH is 2. The monoisotopic (exact) mass is 471 g/mol. The van der Waals surface area contributed by atoms with E-state index in [2.05, 4.69) is 10.7 Å². The van der Waals surface area contributed by atoms with Gasteiger partial charge in [0.15, 0.2) is 6.10 Å². The number of amides is 2. The van der Waals surface area contributed by atoms with E-state index in [1.165, 1.54) is 23.1 Å². The minimum absolute atomic E-state index is 0.188. The molecule has 2 amide bonds. The number of benzene rings is 1. The zero-order valence-corrected chi connectivity index (χ0v) is 18.3. The molecule has 2 fully saturated rings. The van der Waals surface area contributed by atoms with Gasteiger partial charge in [0.25, 0.3) is 11.1 Å². The van der Waals surface area contributed by atoms with Crippen molar-refractivity contribution in [2.24, 2.45) is 0 Å². The largest absolute Gasteiger partial charge is 0.474 e. The number of thiocarbonyl (C=S) groups is 1. The van der Waals surface area contributed by atoms with Crippen molar-refractivity contribution < 1.29 is 33.7 Å². The lowest BCUT2D eigenvalue weighted by molar-refractivity contribution is -0.145. The van der Waals surface area contributed by atoms with Crippen molar-refractivity contribution in [2.45, 2.75) is 12.2 Å². The summed E-state index contributed by atoms with van der Waals surface area (Å²) in [6.07, 6.45) is -2.55. The molecule has 0 spiro atoms. The number of hydrogen-bond donors (Lipinski definition) is 4. The molecule has 0 aromatic heterocycles. The number of halogens is 1. The second-order valence-electron chi connectivity index (χ2n) is 7.21. The van der Waals surface area contributed by atoms with Crippen LogP contribution in [0.2, 0.25) is 0 Å². The molecule has 176 valence electrons. The molecule has 0 saturated carbocycles. The van der Waals surface area contributed by atoms with Gasteiger partial charge in [0.2, 0.25) is 0 Å². The number of anilines is 2. The van der Waals surface area contributed by atoms with Crippen LogP contribution in [0.3, 0.4) is 0 Å². The van der Waals surface area contributed by atoms with Crippen LogP contribution in [-0.4, -0.2) is 97.6 Å². The highest BCUT2D eigenvalue weighted by atomic mass is 32.1. The van der Waals surface area contributed by atoms with Crippen molar-refractivity contribution in [1.82, 2.24) is 15.8 Å². The zero-order valence-electron chi connectivity index (χ0n) is 17.5. The summed E-state index contributed by atoms with van der Waals surface area (Å²) in [6.45, 7) is 1.08. The Morgan fingerprint density at radius 1 is 1.44 bits per heavy atom. The van der Waals surface area contributed by atoms with Crippen molar-refractivity contribution in [3.63, 3.8) is 0 Å². The molecule has 2 heterocycles. The Morgan fingerprint density at radius 3 is 2.91 bits per heavy atom. The van der Waals surface area contributed by atoms with E-state index in [-0.39, 0.29) is 24.8 Å². The fourth-order valence-corrected chi connectivity index (χ4v) is 3.53. The molecule has 2 atom stereocenters. The third-order valence-electron chi connectivity index (χ3n) is 5.12. The number of rotatable bonds is 6. The highest BCUT2D eigenvalue weighted by Gasteiger charge is 2.33. The van der Waals surface area contributed by atoms with E-state index in [9.17, 15) is 19.1 Å². The lowest BCUT2D eigenvalue weighted by atomic mass is 10.2. The van der Waals surface area contributed by atoms with E-state index in [0.717, 1.165) is 0 Å². The van der Waals surface area contributed by atoms with Crippen LogP contribution in [0.15, 0.2) is 18.2 Å². The molecule has 1 aromatic rings. The number of hydrazine groups is 1. The normalized spacial score (nSPS) is 19.9. The predicted molar refractivity (Wildman–Crippen MR) is 117 cm³/mol. The number of carbonyl (C=O) groups is 2. The lowest BCUT2D eigenvalue weighted by Crippen LogP contribution is -2.49. The van der Waals surface area contributed by atoms with E-state index >= 15 is 0 Å². The molecular formula is C19H26FN5O6S. The summed E-state index contributed by atoms with van der Waals surface area (Å²) < 4.78 is 25.1. The molecule has 3 rings (SSSR count). The molecule has 0 aliphatic carbocycles. The Bertz CT molecular complexity index is 861. The highest BCUT2D eigenvalue weighted by Crippen LogP contribution is 2.28. The fourth-order valence-electron chi connectivity index (χ4n) is 3.45. The topological polar surface area (TPSA) is 127 Å². The van der Waals surface area contributed by atoms with E-state index in [0.29, 0.717) is 31.0 Å². The summed E-state index contributed by atoms with van der Waals surface area (Å²) in [5.74, 6) is -1.17. The maximum Gasteiger partial charge on any atom is 0.414 e. The molecule has 2 aliphatic rings. The average molecular weight is 472 g/mol. The molecule has 11 nitrogen and oxygen atoms in total. The van der Waals surface area contributed by atoms with Gasteiger partial charge in [-0.2, -0.15) is 0 Å². The maximum absolute atomic E-state index is 14.9. The quantitative estimate of drug-likeness (QED) is 0.391. The van der Waals surface area contributed by atoms with Crippen molar-refractivity contribution in [3.8, 4) is 0 Å². The molecule has 2 aliphatic heterocycles. The number of aliphatic hydroxyl groups is 2. The summed E-state index contributed by atoms with van der Waals surface area (Å²) in [5, 5.41) is 22.7. The summed E-state index contributed by atoms with van der Waals surface area (Å²) in [5.41, 5.74) is 3.55. The van der Waals surface area contributed by atoms with Gasteiger partial charge in [0.05, 0.1) is 44.7 Å². The Balaban J connectivity index is 1.63. The SMILES string of the molecule is COC(=S)NC[C@H]1CN(c2ccc(N3CCNN(C(=O)[C@H](O)CO)CC3)c(F)c2)C(=O)O1. The van der Waals surface area contributed by atoms with Gasteiger partial charge in [-0.25, -0.2) is 14.6 Å². The first-order valence-corrected chi connectivity index (χ1v) is 10.4. The van der Waals surface area contributed by atoms with Crippen LogP contribution in [0.1, 0.15) is 0 Å². The Hall–Kier alpha value is -2.74. The molecule has 0 unspecified atom stereocenters. The molecule has 13 heteroatoms. The number of nitrogens with zero attached hydrogens (tertiary/aromatic N) is 3. The van der Waals surface area contributed by atoms with Crippen LogP contribution in [0, 0.1) is 5.82 Å². The van der Waals surface area contributed by atoms with Crippen molar-refractivity contribution in [3.05, 3.63) is 24.0 Å². The average Bonchev–Trinajstić information content (AvgIpc) is 3.00. The Labute approximate surface area is 189 Å². The summed E-state index contributed by atoms with van der Waals surface area (Å²) in [6, 6.07) is 4.47. The zero-order chi connectivity index (χ0) is 23.3. The van der Waals surface area contributed by atoms with Crippen LogP contribution in [-0.2, 0) is 14.3 Å². The lowest BCUT2D eigenvalue weighted by Gasteiger charge is -2.25. The third kappa shape index (κ3) is 5.54. The van der Waals surface area contributed by atoms with Crippen molar-refractivity contribution in [2.75, 3.05) is 62.8 Å². The van der Waals surface area contributed by atoms with Crippen LogP contribution < -0.4 is 20.5 Å². The van der Waals surface area contributed by atoms with Crippen LogP contribution in [0.4, 0.5) is 20.6 Å². The predicted octanol–water partition coefficient (Wildman–Crippen LogP) is -0.822. The summed E-state index contributed by atoms with van der Waals surface area (Å²) in [7, 11) is 1.43.